The van der Waals surface area contributed by atoms with E-state index in [4.69, 9.17) is 23.3 Å². The SMILES string of the molecule is CC(C)(C)C1=C(C(C)(C)C)C1(P1C=Cc2ccccc2C=C1)C(C)(C)C.[C-]#[O+].[C-]#[O+].[C-]#[O+].[C-]#[O+].[C-]#[O+].[W]. The van der Waals surface area contributed by atoms with Crippen LogP contribution in [0.1, 0.15) is 73.4 Å². The van der Waals surface area contributed by atoms with Gasteiger partial charge < -0.3 is 0 Å². The fourth-order valence-corrected chi connectivity index (χ4v) is 8.23. The number of fused-ring (bicyclic) bond motifs is 1. The summed E-state index contributed by atoms with van der Waals surface area (Å²) in [5.74, 6) is 5.04. The van der Waals surface area contributed by atoms with Crippen LogP contribution >= 0.6 is 7.92 Å². The summed E-state index contributed by atoms with van der Waals surface area (Å²) in [5.41, 5.74) is 6.71. The largest absolute Gasteiger partial charge is 0 e. The van der Waals surface area contributed by atoms with E-state index in [2.05, 4.69) is 144 Å². The molecule has 0 saturated carbocycles. The zero-order valence-electron chi connectivity index (χ0n) is 23.0. The molecule has 1 aliphatic carbocycles. The maximum absolute atomic E-state index is 7.50. The number of benzene rings is 1. The Hall–Kier alpha value is -1.74. The Kier molecular flexibility index (Phi) is 21.2. The molecule has 0 fully saturated rings. The van der Waals surface area contributed by atoms with Crippen LogP contribution in [-0.4, -0.2) is 5.16 Å². The van der Waals surface area contributed by atoms with E-state index < -0.39 is 7.92 Å². The zero-order valence-corrected chi connectivity index (χ0v) is 26.8. The molecule has 7 heteroatoms. The molecule has 2 aliphatic rings. The van der Waals surface area contributed by atoms with Crippen LogP contribution in [0.3, 0.4) is 0 Å². The topological polar surface area (TPSA) is 99.5 Å². The standard InChI is InChI=1S/C25H35P.5CO.W/c1-22(2,3)20-21(23(4,5)6)25(20,24(7,8)9)26-16-14-18-12-10-11-13-19(18)15-17-26;5*1-2;/h10-17H,1-9H3;;;;;;. The second-order valence-electron chi connectivity index (χ2n) is 10.9. The normalized spacial score (nSPS) is 14.5. The Balaban J connectivity index is -0.000000444. The third kappa shape index (κ3) is 9.82. The van der Waals surface area contributed by atoms with E-state index in [1.165, 1.54) is 11.1 Å². The molecule has 3 rings (SSSR count). The first-order valence-electron chi connectivity index (χ1n) is 10.8. The van der Waals surface area contributed by atoms with E-state index in [0.29, 0.717) is 0 Å². The third-order valence-electron chi connectivity index (χ3n) is 5.71. The van der Waals surface area contributed by atoms with Crippen molar-refractivity contribution >= 4 is 20.1 Å². The first-order valence-corrected chi connectivity index (χ1v) is 12.3. The van der Waals surface area contributed by atoms with E-state index in [-0.39, 0.29) is 42.5 Å². The van der Waals surface area contributed by atoms with E-state index in [9.17, 15) is 0 Å². The minimum atomic E-state index is -0.407. The molecule has 0 bridgehead atoms. The number of rotatable bonds is 1. The smallest absolute Gasteiger partial charge is 0 e. The molecule has 1 aliphatic heterocycles. The minimum Gasteiger partial charge on any atom is 0 e. The van der Waals surface area contributed by atoms with Gasteiger partial charge >= 0.3 is 56.5 Å². The van der Waals surface area contributed by atoms with Gasteiger partial charge in [0.2, 0.25) is 0 Å². The first kappa shape index (κ1) is 42.4. The van der Waals surface area contributed by atoms with Gasteiger partial charge in [0, 0.05) is 26.2 Å². The summed E-state index contributed by atoms with van der Waals surface area (Å²) in [6.45, 7) is 44.2. The van der Waals surface area contributed by atoms with Crippen LogP contribution in [0.4, 0.5) is 0 Å². The Morgan fingerprint density at radius 3 is 1.05 bits per heavy atom. The van der Waals surface area contributed by atoms with Gasteiger partial charge in [-0.1, -0.05) is 110 Å². The molecular weight excluding hydrogens is 655 g/mol. The maximum atomic E-state index is 7.50. The van der Waals surface area contributed by atoms with Crippen molar-refractivity contribution in [2.75, 3.05) is 0 Å². The molecule has 0 unspecified atom stereocenters. The van der Waals surface area contributed by atoms with Crippen molar-refractivity contribution in [3.05, 3.63) is 91.4 Å². The second-order valence-corrected chi connectivity index (χ2v) is 13.0. The van der Waals surface area contributed by atoms with Crippen molar-refractivity contribution in [3.8, 4) is 0 Å². The molecule has 0 spiro atoms. The average molecular weight is 690 g/mol. The van der Waals surface area contributed by atoms with Gasteiger partial charge in [-0.2, -0.15) is 0 Å². The molecule has 1 aromatic rings. The molecule has 37 heavy (non-hydrogen) atoms. The molecule has 0 radical (unpaired) electrons. The Bertz CT molecular complexity index is 941. The van der Waals surface area contributed by atoms with Crippen LogP contribution in [0.2, 0.25) is 0 Å². The predicted molar refractivity (Wildman–Crippen MR) is 139 cm³/mol. The van der Waals surface area contributed by atoms with Gasteiger partial charge in [0.15, 0.2) is 0 Å². The third-order valence-corrected chi connectivity index (χ3v) is 8.54. The van der Waals surface area contributed by atoms with Gasteiger partial charge in [-0.15, -0.1) is 0 Å². The van der Waals surface area contributed by atoms with Crippen molar-refractivity contribution in [2.24, 2.45) is 16.2 Å². The molecule has 5 nitrogen and oxygen atoms in total. The van der Waals surface area contributed by atoms with Crippen molar-refractivity contribution < 1.29 is 44.3 Å². The molecule has 1 aromatic carbocycles. The fraction of sp³-hybridized carbons (Fsp3) is 0.433. The zero-order chi connectivity index (χ0) is 29.5. The molecule has 0 N–H and O–H groups in total. The van der Waals surface area contributed by atoms with Crippen molar-refractivity contribution in [2.45, 2.75) is 67.5 Å². The quantitative estimate of drug-likeness (QED) is 0.123. The molecule has 0 atom stereocenters. The molecule has 196 valence electrons. The first-order chi connectivity index (χ1) is 16.8. The minimum absolute atomic E-state index is 0. The van der Waals surface area contributed by atoms with Crippen molar-refractivity contribution in [3.63, 3.8) is 0 Å². The summed E-state index contributed by atoms with van der Waals surface area (Å²) < 4.78 is 37.5. The summed E-state index contributed by atoms with van der Waals surface area (Å²) in [4.78, 5) is 0. The molecule has 0 aromatic heterocycles. The Labute approximate surface area is 238 Å². The number of hydrogen-bond acceptors (Lipinski definition) is 0. The maximum Gasteiger partial charge on any atom is 0 e. The van der Waals surface area contributed by atoms with Crippen molar-refractivity contribution in [1.82, 2.24) is 0 Å². The van der Waals surface area contributed by atoms with Crippen LogP contribution < -0.4 is 0 Å². The van der Waals surface area contributed by atoms with E-state index in [1.807, 2.05) is 0 Å². The summed E-state index contributed by atoms with van der Waals surface area (Å²) in [7, 11) is -0.407. The van der Waals surface area contributed by atoms with Gasteiger partial charge in [0.25, 0.3) is 0 Å². The van der Waals surface area contributed by atoms with Crippen molar-refractivity contribution in [1.29, 1.82) is 0 Å². The van der Waals surface area contributed by atoms with Crippen LogP contribution in [-0.2, 0) is 44.3 Å². The van der Waals surface area contributed by atoms with E-state index >= 15 is 0 Å². The van der Waals surface area contributed by atoms with Crippen LogP contribution in [0.15, 0.2) is 47.0 Å². The monoisotopic (exact) mass is 690 g/mol. The van der Waals surface area contributed by atoms with Crippen LogP contribution in [0, 0.1) is 49.5 Å². The number of allylic oxidation sites excluding steroid dienone is 2. The van der Waals surface area contributed by atoms with Gasteiger partial charge in [-0.05, 0) is 46.4 Å². The molecule has 1 heterocycles. The molecular formula is C30H35O5PW. The van der Waals surface area contributed by atoms with Gasteiger partial charge in [-0.3, -0.25) is 0 Å². The van der Waals surface area contributed by atoms with E-state index in [0.717, 1.165) is 0 Å². The van der Waals surface area contributed by atoms with Gasteiger partial charge in [0.05, 0.1) is 0 Å². The summed E-state index contributed by atoms with van der Waals surface area (Å²) in [6.07, 6.45) is 4.74. The van der Waals surface area contributed by atoms with Crippen LogP contribution in [0.25, 0.3) is 12.2 Å². The van der Waals surface area contributed by atoms with Gasteiger partial charge in [-0.25, -0.2) is 0 Å². The summed E-state index contributed by atoms with van der Waals surface area (Å²) >= 11 is 0. The van der Waals surface area contributed by atoms with E-state index in [1.54, 1.807) is 11.1 Å². The molecule has 0 amide bonds. The fourth-order valence-electron chi connectivity index (χ4n) is 4.91. The summed E-state index contributed by atoms with van der Waals surface area (Å²) in [6, 6.07) is 8.74. The second kappa shape index (κ2) is 18.5. The summed E-state index contributed by atoms with van der Waals surface area (Å²) in [5, 5.41) is 0.188. The Morgan fingerprint density at radius 2 is 0.838 bits per heavy atom. The average Bonchev–Trinajstić information content (AvgIpc) is 3.63. The van der Waals surface area contributed by atoms with Gasteiger partial charge in [0.1, 0.15) is 0 Å². The molecule has 0 saturated heterocycles. The van der Waals surface area contributed by atoms with Crippen LogP contribution in [0.5, 0.6) is 0 Å². The Morgan fingerprint density at radius 1 is 0.568 bits per heavy atom. The predicted octanol–water partition coefficient (Wildman–Crippen LogP) is 8.12. The number of hydrogen-bond donors (Lipinski definition) is 0.